The molecular weight excluding hydrogens is 356 g/mol. The van der Waals surface area contributed by atoms with Crippen molar-refractivity contribution in [3.8, 4) is 0 Å². The third-order valence-electron chi connectivity index (χ3n) is 4.54. The number of benzene rings is 2. The van der Waals surface area contributed by atoms with Crippen molar-refractivity contribution in [2.45, 2.75) is 32.9 Å². The molecule has 3 aromatic rings. The molecule has 0 fully saturated rings. The SMILES string of the molecule is CCC(C)NC(=O)c1cccc(CNC(=O)c2n[nH]c(=O)c3ccccc23)c1. The van der Waals surface area contributed by atoms with Gasteiger partial charge in [0.25, 0.3) is 17.4 Å². The van der Waals surface area contributed by atoms with Gasteiger partial charge in [0, 0.05) is 23.5 Å². The minimum Gasteiger partial charge on any atom is -0.350 e. The molecule has 2 amide bonds. The summed E-state index contributed by atoms with van der Waals surface area (Å²) in [5.74, 6) is -0.544. The lowest BCUT2D eigenvalue weighted by atomic mass is 10.1. The van der Waals surface area contributed by atoms with Crippen LogP contribution in [0, 0.1) is 0 Å². The molecule has 7 nitrogen and oxygen atoms in total. The summed E-state index contributed by atoms with van der Waals surface area (Å²) >= 11 is 0. The minimum atomic E-state index is -0.401. The van der Waals surface area contributed by atoms with Crippen LogP contribution in [-0.2, 0) is 6.54 Å². The number of hydrogen-bond acceptors (Lipinski definition) is 4. The molecule has 7 heteroatoms. The summed E-state index contributed by atoms with van der Waals surface area (Å²) in [5, 5.41) is 12.9. The summed E-state index contributed by atoms with van der Waals surface area (Å²) in [7, 11) is 0. The Morgan fingerprint density at radius 1 is 1.07 bits per heavy atom. The molecule has 0 saturated heterocycles. The highest BCUT2D eigenvalue weighted by atomic mass is 16.2. The quantitative estimate of drug-likeness (QED) is 0.612. The third kappa shape index (κ3) is 4.25. The van der Waals surface area contributed by atoms with Crippen LogP contribution in [0.2, 0.25) is 0 Å². The maximum Gasteiger partial charge on any atom is 0.272 e. The van der Waals surface area contributed by atoms with Gasteiger partial charge in [0.15, 0.2) is 5.69 Å². The van der Waals surface area contributed by atoms with Gasteiger partial charge in [-0.3, -0.25) is 14.4 Å². The standard InChI is InChI=1S/C21H22N4O3/c1-3-13(2)23-19(26)15-8-6-7-14(11-15)12-22-21(28)18-16-9-4-5-10-17(16)20(27)25-24-18/h4-11,13H,3,12H2,1-2H3,(H,22,28)(H,23,26)(H,25,27). The number of carbonyl (C=O) groups is 2. The number of aromatic amines is 1. The van der Waals surface area contributed by atoms with E-state index in [0.717, 1.165) is 12.0 Å². The van der Waals surface area contributed by atoms with Crippen molar-refractivity contribution in [3.05, 3.63) is 75.7 Å². The van der Waals surface area contributed by atoms with Crippen molar-refractivity contribution in [2.75, 3.05) is 0 Å². The van der Waals surface area contributed by atoms with E-state index in [9.17, 15) is 14.4 Å². The fourth-order valence-electron chi connectivity index (χ4n) is 2.79. The van der Waals surface area contributed by atoms with Crippen LogP contribution in [0.25, 0.3) is 10.8 Å². The largest absolute Gasteiger partial charge is 0.350 e. The van der Waals surface area contributed by atoms with Gasteiger partial charge in [0.1, 0.15) is 0 Å². The summed E-state index contributed by atoms with van der Waals surface area (Å²) in [6, 6.07) is 14.0. The molecule has 0 aliphatic carbocycles. The highest BCUT2D eigenvalue weighted by Gasteiger charge is 2.14. The number of fused-ring (bicyclic) bond motifs is 1. The molecule has 0 spiro atoms. The second-order valence-corrected chi connectivity index (χ2v) is 6.61. The average Bonchev–Trinajstić information content (AvgIpc) is 2.72. The van der Waals surface area contributed by atoms with Crippen molar-refractivity contribution in [1.29, 1.82) is 0 Å². The topological polar surface area (TPSA) is 104 Å². The zero-order valence-corrected chi connectivity index (χ0v) is 15.8. The van der Waals surface area contributed by atoms with Gasteiger partial charge in [0.2, 0.25) is 0 Å². The Bertz CT molecular complexity index is 1070. The van der Waals surface area contributed by atoms with E-state index < -0.39 is 5.91 Å². The summed E-state index contributed by atoms with van der Waals surface area (Å²) in [6.07, 6.45) is 0.849. The minimum absolute atomic E-state index is 0.0930. The lowest BCUT2D eigenvalue weighted by Crippen LogP contribution is -2.32. The maximum absolute atomic E-state index is 12.6. The number of hydrogen-bond donors (Lipinski definition) is 3. The monoisotopic (exact) mass is 378 g/mol. The number of nitrogens with zero attached hydrogens (tertiary/aromatic N) is 1. The molecule has 3 N–H and O–H groups in total. The smallest absolute Gasteiger partial charge is 0.272 e. The van der Waals surface area contributed by atoms with Gasteiger partial charge in [-0.15, -0.1) is 0 Å². The summed E-state index contributed by atoms with van der Waals surface area (Å²) in [5.41, 5.74) is 1.14. The van der Waals surface area contributed by atoms with Crippen molar-refractivity contribution < 1.29 is 9.59 Å². The van der Waals surface area contributed by atoms with Crippen molar-refractivity contribution in [1.82, 2.24) is 20.8 Å². The first kappa shape index (κ1) is 19.3. The van der Waals surface area contributed by atoms with E-state index in [1.54, 1.807) is 42.5 Å². The van der Waals surface area contributed by atoms with E-state index in [-0.39, 0.29) is 29.7 Å². The molecule has 1 aromatic heterocycles. The van der Waals surface area contributed by atoms with Gasteiger partial charge in [0.05, 0.1) is 5.39 Å². The first-order valence-electron chi connectivity index (χ1n) is 9.15. The Morgan fingerprint density at radius 3 is 2.57 bits per heavy atom. The average molecular weight is 378 g/mol. The molecular formula is C21H22N4O3. The van der Waals surface area contributed by atoms with Crippen LogP contribution in [0.4, 0.5) is 0 Å². The molecule has 144 valence electrons. The molecule has 1 atom stereocenters. The van der Waals surface area contributed by atoms with Gasteiger partial charge < -0.3 is 10.6 Å². The molecule has 0 aliphatic rings. The van der Waals surface area contributed by atoms with Crippen molar-refractivity contribution in [2.24, 2.45) is 0 Å². The molecule has 0 radical (unpaired) electrons. The summed E-state index contributed by atoms with van der Waals surface area (Å²) in [6.45, 7) is 4.19. The number of H-pyrrole nitrogens is 1. The molecule has 1 heterocycles. The van der Waals surface area contributed by atoms with Gasteiger partial charge in [-0.2, -0.15) is 5.10 Å². The lowest BCUT2D eigenvalue weighted by molar-refractivity contribution is 0.0936. The second kappa shape index (κ2) is 8.47. The Kier molecular flexibility index (Phi) is 5.84. The Morgan fingerprint density at radius 2 is 1.82 bits per heavy atom. The molecule has 28 heavy (non-hydrogen) atoms. The van der Waals surface area contributed by atoms with Crippen LogP contribution in [0.3, 0.4) is 0 Å². The Hall–Kier alpha value is -3.48. The summed E-state index contributed by atoms with van der Waals surface area (Å²) < 4.78 is 0. The van der Waals surface area contributed by atoms with Crippen LogP contribution < -0.4 is 16.2 Å². The van der Waals surface area contributed by atoms with Gasteiger partial charge in [-0.05, 0) is 37.1 Å². The molecule has 1 unspecified atom stereocenters. The molecule has 0 aliphatic heterocycles. The van der Waals surface area contributed by atoms with E-state index >= 15 is 0 Å². The molecule has 3 rings (SSSR count). The predicted molar refractivity (Wildman–Crippen MR) is 107 cm³/mol. The van der Waals surface area contributed by atoms with Crippen LogP contribution >= 0.6 is 0 Å². The normalized spacial score (nSPS) is 11.8. The van der Waals surface area contributed by atoms with Crippen molar-refractivity contribution >= 4 is 22.6 Å². The fraction of sp³-hybridized carbons (Fsp3) is 0.238. The Labute approximate surface area is 162 Å². The van der Waals surface area contributed by atoms with E-state index in [1.807, 2.05) is 19.9 Å². The molecule has 2 aromatic carbocycles. The fourth-order valence-corrected chi connectivity index (χ4v) is 2.79. The van der Waals surface area contributed by atoms with Gasteiger partial charge in [-0.1, -0.05) is 37.3 Å². The van der Waals surface area contributed by atoms with Gasteiger partial charge >= 0.3 is 0 Å². The third-order valence-corrected chi connectivity index (χ3v) is 4.54. The van der Waals surface area contributed by atoms with Crippen LogP contribution in [0.15, 0.2) is 53.3 Å². The summed E-state index contributed by atoms with van der Waals surface area (Å²) in [4.78, 5) is 36.7. The van der Waals surface area contributed by atoms with E-state index in [2.05, 4.69) is 20.8 Å². The van der Waals surface area contributed by atoms with Gasteiger partial charge in [-0.25, -0.2) is 5.10 Å². The van der Waals surface area contributed by atoms with E-state index in [1.165, 1.54) is 0 Å². The first-order valence-corrected chi connectivity index (χ1v) is 9.15. The first-order chi connectivity index (χ1) is 13.5. The zero-order chi connectivity index (χ0) is 20.1. The number of amides is 2. The Balaban J connectivity index is 1.74. The number of rotatable bonds is 6. The van der Waals surface area contributed by atoms with Crippen LogP contribution in [0.1, 0.15) is 46.7 Å². The molecule has 0 bridgehead atoms. The zero-order valence-electron chi connectivity index (χ0n) is 15.8. The van der Waals surface area contributed by atoms with E-state index in [0.29, 0.717) is 16.3 Å². The predicted octanol–water partition coefficient (Wildman–Crippen LogP) is 2.38. The number of aromatic nitrogens is 2. The molecule has 0 saturated carbocycles. The maximum atomic E-state index is 12.6. The highest BCUT2D eigenvalue weighted by molar-refractivity contribution is 6.04. The number of carbonyl (C=O) groups excluding carboxylic acids is 2. The lowest BCUT2D eigenvalue weighted by Gasteiger charge is -2.12. The van der Waals surface area contributed by atoms with Crippen LogP contribution in [-0.4, -0.2) is 28.1 Å². The second-order valence-electron chi connectivity index (χ2n) is 6.61. The number of nitrogens with one attached hydrogen (secondary N) is 3. The van der Waals surface area contributed by atoms with Crippen LogP contribution in [0.5, 0.6) is 0 Å². The highest BCUT2D eigenvalue weighted by Crippen LogP contribution is 2.12. The van der Waals surface area contributed by atoms with E-state index in [4.69, 9.17) is 0 Å². The van der Waals surface area contributed by atoms with Crippen molar-refractivity contribution in [3.63, 3.8) is 0 Å².